The summed E-state index contributed by atoms with van der Waals surface area (Å²) >= 11 is 1.55. The standard InChI is InChI=1S/C16H27N3OS/c1-5-12(3)15-14(11-20)21-16(17-15)19-9-7-18(8-10-19)13(4)6-2/h11-13H,5-10H2,1-4H3. The van der Waals surface area contributed by atoms with Gasteiger partial charge in [-0.15, -0.1) is 0 Å². The Kier molecular flexibility index (Phi) is 5.76. The van der Waals surface area contributed by atoms with Gasteiger partial charge in [-0.05, 0) is 25.7 Å². The lowest BCUT2D eigenvalue weighted by atomic mass is 10.0. The highest BCUT2D eigenvalue weighted by molar-refractivity contribution is 7.17. The summed E-state index contributed by atoms with van der Waals surface area (Å²) in [4.78, 5) is 21.7. The number of carbonyl (C=O) groups excluding carboxylic acids is 1. The first-order valence-electron chi connectivity index (χ1n) is 8.05. The van der Waals surface area contributed by atoms with Crippen LogP contribution in [0.15, 0.2) is 0 Å². The third-order valence-corrected chi connectivity index (χ3v) is 5.71. The first-order valence-corrected chi connectivity index (χ1v) is 8.87. The molecule has 4 nitrogen and oxygen atoms in total. The fourth-order valence-electron chi connectivity index (χ4n) is 2.71. The Morgan fingerprint density at radius 3 is 2.38 bits per heavy atom. The number of piperazine rings is 1. The number of aldehydes is 1. The predicted molar refractivity (Wildman–Crippen MR) is 89.7 cm³/mol. The highest BCUT2D eigenvalue weighted by atomic mass is 32.1. The quantitative estimate of drug-likeness (QED) is 0.755. The lowest BCUT2D eigenvalue weighted by Crippen LogP contribution is -2.49. The second-order valence-corrected chi connectivity index (χ2v) is 6.96. The fraction of sp³-hybridized carbons (Fsp3) is 0.750. The summed E-state index contributed by atoms with van der Waals surface area (Å²) in [5, 5.41) is 1.02. The van der Waals surface area contributed by atoms with Crippen LogP contribution in [0.1, 0.15) is 61.8 Å². The van der Waals surface area contributed by atoms with Crippen LogP contribution in [0.3, 0.4) is 0 Å². The highest BCUT2D eigenvalue weighted by Crippen LogP contribution is 2.31. The Labute approximate surface area is 132 Å². The molecule has 2 rings (SSSR count). The van der Waals surface area contributed by atoms with E-state index in [0.29, 0.717) is 12.0 Å². The number of rotatable bonds is 6. The number of nitrogens with zero attached hydrogens (tertiary/aromatic N) is 3. The highest BCUT2D eigenvalue weighted by Gasteiger charge is 2.24. The van der Waals surface area contributed by atoms with Crippen molar-refractivity contribution >= 4 is 22.8 Å². The molecule has 1 fully saturated rings. The Balaban J connectivity index is 2.07. The molecule has 0 saturated carbocycles. The summed E-state index contributed by atoms with van der Waals surface area (Å²) in [5.74, 6) is 0.358. The van der Waals surface area contributed by atoms with E-state index in [-0.39, 0.29) is 0 Å². The van der Waals surface area contributed by atoms with Crippen LogP contribution in [-0.4, -0.2) is 48.4 Å². The second-order valence-electron chi connectivity index (χ2n) is 5.95. The van der Waals surface area contributed by atoms with E-state index in [1.807, 2.05) is 0 Å². The number of aromatic nitrogens is 1. The lowest BCUT2D eigenvalue weighted by molar-refractivity contribution is 0.112. The average Bonchev–Trinajstić information content (AvgIpc) is 2.97. The molecular weight excluding hydrogens is 282 g/mol. The molecule has 0 aromatic carbocycles. The van der Waals surface area contributed by atoms with Crippen molar-refractivity contribution in [3.63, 3.8) is 0 Å². The third kappa shape index (κ3) is 3.64. The topological polar surface area (TPSA) is 36.4 Å². The van der Waals surface area contributed by atoms with Gasteiger partial charge in [0.1, 0.15) is 0 Å². The van der Waals surface area contributed by atoms with Crippen molar-refractivity contribution in [2.45, 2.75) is 52.5 Å². The minimum atomic E-state index is 0.358. The van der Waals surface area contributed by atoms with Crippen molar-refractivity contribution in [2.24, 2.45) is 0 Å². The van der Waals surface area contributed by atoms with E-state index >= 15 is 0 Å². The molecule has 1 saturated heterocycles. The van der Waals surface area contributed by atoms with Crippen LogP contribution >= 0.6 is 11.3 Å². The summed E-state index contributed by atoms with van der Waals surface area (Å²) < 4.78 is 0. The molecule has 0 aliphatic carbocycles. The second kappa shape index (κ2) is 7.36. The Morgan fingerprint density at radius 1 is 1.19 bits per heavy atom. The number of thiazole rings is 1. The molecule has 2 unspecified atom stereocenters. The summed E-state index contributed by atoms with van der Waals surface area (Å²) in [6, 6.07) is 0.657. The van der Waals surface area contributed by atoms with Crippen LogP contribution in [0.2, 0.25) is 0 Å². The number of hydrogen-bond donors (Lipinski definition) is 0. The Morgan fingerprint density at radius 2 is 1.86 bits per heavy atom. The largest absolute Gasteiger partial charge is 0.346 e. The van der Waals surface area contributed by atoms with Crippen LogP contribution in [0.4, 0.5) is 5.13 Å². The van der Waals surface area contributed by atoms with Crippen molar-refractivity contribution in [1.82, 2.24) is 9.88 Å². The van der Waals surface area contributed by atoms with Crippen LogP contribution in [0, 0.1) is 0 Å². The van der Waals surface area contributed by atoms with Crippen molar-refractivity contribution in [3.8, 4) is 0 Å². The van der Waals surface area contributed by atoms with Gasteiger partial charge in [-0.2, -0.15) is 0 Å². The number of carbonyl (C=O) groups is 1. The molecule has 0 spiro atoms. The van der Waals surface area contributed by atoms with Gasteiger partial charge in [0.15, 0.2) is 11.4 Å². The lowest BCUT2D eigenvalue weighted by Gasteiger charge is -2.37. The van der Waals surface area contributed by atoms with E-state index in [9.17, 15) is 4.79 Å². The van der Waals surface area contributed by atoms with Crippen molar-refractivity contribution in [3.05, 3.63) is 10.6 Å². The summed E-state index contributed by atoms with van der Waals surface area (Å²) in [6.45, 7) is 13.0. The van der Waals surface area contributed by atoms with E-state index in [0.717, 1.165) is 54.6 Å². The van der Waals surface area contributed by atoms with Gasteiger partial charge in [0, 0.05) is 32.2 Å². The molecule has 1 aromatic rings. The molecule has 118 valence electrons. The van der Waals surface area contributed by atoms with Gasteiger partial charge < -0.3 is 4.90 Å². The molecule has 0 bridgehead atoms. The van der Waals surface area contributed by atoms with Crippen LogP contribution < -0.4 is 4.90 Å². The van der Waals surface area contributed by atoms with Gasteiger partial charge in [-0.1, -0.05) is 32.1 Å². The zero-order valence-corrected chi connectivity index (χ0v) is 14.4. The van der Waals surface area contributed by atoms with E-state index < -0.39 is 0 Å². The van der Waals surface area contributed by atoms with Gasteiger partial charge in [0.05, 0.1) is 10.6 Å². The van der Waals surface area contributed by atoms with Crippen molar-refractivity contribution < 1.29 is 4.79 Å². The SMILES string of the molecule is CCC(C)c1nc(N2CCN(C(C)CC)CC2)sc1C=O. The summed E-state index contributed by atoms with van der Waals surface area (Å²) in [6.07, 6.45) is 3.19. The maximum atomic E-state index is 11.3. The molecule has 0 N–H and O–H groups in total. The van der Waals surface area contributed by atoms with Crippen molar-refractivity contribution in [1.29, 1.82) is 0 Å². The minimum Gasteiger partial charge on any atom is -0.346 e. The van der Waals surface area contributed by atoms with Gasteiger partial charge in [-0.25, -0.2) is 4.98 Å². The maximum Gasteiger partial charge on any atom is 0.186 e. The van der Waals surface area contributed by atoms with Crippen LogP contribution in [0.25, 0.3) is 0 Å². The molecule has 21 heavy (non-hydrogen) atoms. The van der Waals surface area contributed by atoms with E-state index in [1.165, 1.54) is 6.42 Å². The van der Waals surface area contributed by atoms with E-state index in [2.05, 4.69) is 37.5 Å². The molecule has 2 atom stereocenters. The van der Waals surface area contributed by atoms with E-state index in [1.54, 1.807) is 11.3 Å². The van der Waals surface area contributed by atoms with E-state index in [4.69, 9.17) is 4.98 Å². The predicted octanol–water partition coefficient (Wildman–Crippen LogP) is 3.39. The average molecular weight is 309 g/mol. The van der Waals surface area contributed by atoms with Gasteiger partial charge in [-0.3, -0.25) is 9.69 Å². The Bertz CT molecular complexity index is 466. The molecule has 0 amide bonds. The van der Waals surface area contributed by atoms with Gasteiger partial charge >= 0.3 is 0 Å². The molecular formula is C16H27N3OS. The zero-order valence-electron chi connectivity index (χ0n) is 13.6. The number of hydrogen-bond acceptors (Lipinski definition) is 5. The summed E-state index contributed by atoms with van der Waals surface area (Å²) in [7, 11) is 0. The monoisotopic (exact) mass is 309 g/mol. The molecule has 2 heterocycles. The summed E-state index contributed by atoms with van der Waals surface area (Å²) in [5.41, 5.74) is 0.983. The smallest absolute Gasteiger partial charge is 0.186 e. The van der Waals surface area contributed by atoms with Gasteiger partial charge in [0.2, 0.25) is 0 Å². The van der Waals surface area contributed by atoms with Crippen molar-refractivity contribution in [2.75, 3.05) is 31.1 Å². The minimum absolute atomic E-state index is 0.358. The Hall–Kier alpha value is -0.940. The third-order valence-electron chi connectivity index (χ3n) is 4.65. The molecule has 0 radical (unpaired) electrons. The molecule has 5 heteroatoms. The zero-order chi connectivity index (χ0) is 15.4. The van der Waals surface area contributed by atoms with Gasteiger partial charge in [0.25, 0.3) is 0 Å². The first kappa shape index (κ1) is 16.4. The van der Waals surface area contributed by atoms with Crippen LogP contribution in [-0.2, 0) is 0 Å². The molecule has 1 aromatic heterocycles. The fourth-order valence-corrected chi connectivity index (χ4v) is 3.76. The maximum absolute atomic E-state index is 11.3. The normalized spacial score (nSPS) is 19.5. The number of anilines is 1. The van der Waals surface area contributed by atoms with Crippen LogP contribution in [0.5, 0.6) is 0 Å². The molecule has 1 aliphatic rings. The first-order chi connectivity index (χ1) is 10.1. The molecule has 1 aliphatic heterocycles.